The molecule has 38 heavy (non-hydrogen) atoms. The number of rotatable bonds is 13. The number of amides is 3. The Labute approximate surface area is 227 Å². The molecule has 0 saturated carbocycles. The highest BCUT2D eigenvalue weighted by atomic mass is 32.2. The standard InChI is InChI=1S/C28H36N4O5S/c1-38-16-14-22(30-25(33)21(29)17-19-9-4-2-5-10-19)27(35)32-15-8-13-24(32)26(34)31-23(28(36)37)18-20-11-6-3-7-12-20/h2-7,9-12,21-24H,8,13-18,29H2,1H3,(H,30,33)(H,31,34)(H,36,37). The molecule has 0 aromatic heterocycles. The van der Waals surface area contributed by atoms with Crippen LogP contribution in [0.1, 0.15) is 30.4 Å². The van der Waals surface area contributed by atoms with Crippen molar-refractivity contribution in [3.8, 4) is 0 Å². The Morgan fingerprint density at radius 1 is 0.974 bits per heavy atom. The molecule has 10 heteroatoms. The molecule has 2 aromatic carbocycles. The van der Waals surface area contributed by atoms with Gasteiger partial charge in [-0.15, -0.1) is 0 Å². The van der Waals surface area contributed by atoms with E-state index in [1.54, 1.807) is 23.9 Å². The molecule has 9 nitrogen and oxygen atoms in total. The zero-order chi connectivity index (χ0) is 27.5. The molecule has 0 radical (unpaired) electrons. The second kappa shape index (κ2) is 14.5. The molecular formula is C28H36N4O5S. The topological polar surface area (TPSA) is 142 Å². The van der Waals surface area contributed by atoms with Crippen LogP contribution < -0.4 is 16.4 Å². The Morgan fingerprint density at radius 2 is 1.58 bits per heavy atom. The maximum absolute atomic E-state index is 13.6. The maximum Gasteiger partial charge on any atom is 0.326 e. The van der Waals surface area contributed by atoms with Crippen molar-refractivity contribution in [1.29, 1.82) is 0 Å². The first-order chi connectivity index (χ1) is 18.3. The van der Waals surface area contributed by atoms with Crippen LogP contribution in [0.5, 0.6) is 0 Å². The summed E-state index contributed by atoms with van der Waals surface area (Å²) in [7, 11) is 0. The molecule has 2 aromatic rings. The third-order valence-electron chi connectivity index (χ3n) is 6.60. The van der Waals surface area contributed by atoms with E-state index in [0.29, 0.717) is 38.0 Å². The fourth-order valence-corrected chi connectivity index (χ4v) is 5.03. The number of hydrogen-bond donors (Lipinski definition) is 4. The normalized spacial score (nSPS) is 17.3. The maximum atomic E-state index is 13.6. The zero-order valence-electron chi connectivity index (χ0n) is 21.5. The fourth-order valence-electron chi connectivity index (χ4n) is 4.55. The summed E-state index contributed by atoms with van der Waals surface area (Å²) in [4.78, 5) is 52.9. The van der Waals surface area contributed by atoms with E-state index in [2.05, 4.69) is 10.6 Å². The number of carbonyl (C=O) groups is 4. The molecule has 1 heterocycles. The van der Waals surface area contributed by atoms with Crippen LogP contribution in [0.2, 0.25) is 0 Å². The van der Waals surface area contributed by atoms with Crippen LogP contribution in [0.15, 0.2) is 60.7 Å². The highest BCUT2D eigenvalue weighted by Crippen LogP contribution is 2.20. The number of aliphatic carboxylic acids is 1. The van der Waals surface area contributed by atoms with Gasteiger partial charge in [-0.3, -0.25) is 14.4 Å². The molecule has 1 saturated heterocycles. The van der Waals surface area contributed by atoms with Crippen LogP contribution in [0.25, 0.3) is 0 Å². The van der Waals surface area contributed by atoms with Crippen LogP contribution in [0.3, 0.4) is 0 Å². The molecule has 1 aliphatic heterocycles. The minimum absolute atomic E-state index is 0.133. The highest BCUT2D eigenvalue weighted by molar-refractivity contribution is 7.98. The van der Waals surface area contributed by atoms with E-state index in [9.17, 15) is 24.3 Å². The molecule has 0 aliphatic carbocycles. The first-order valence-electron chi connectivity index (χ1n) is 12.8. The average molecular weight is 541 g/mol. The SMILES string of the molecule is CSCCC(NC(=O)C(N)Cc1ccccc1)C(=O)N1CCCC1C(=O)NC(Cc1ccccc1)C(=O)O. The third-order valence-corrected chi connectivity index (χ3v) is 7.24. The summed E-state index contributed by atoms with van der Waals surface area (Å²) < 4.78 is 0. The van der Waals surface area contributed by atoms with Gasteiger partial charge in [0.1, 0.15) is 18.1 Å². The van der Waals surface area contributed by atoms with Gasteiger partial charge in [-0.2, -0.15) is 11.8 Å². The molecule has 204 valence electrons. The van der Waals surface area contributed by atoms with E-state index in [-0.39, 0.29) is 12.3 Å². The summed E-state index contributed by atoms with van der Waals surface area (Å²) >= 11 is 1.55. The minimum atomic E-state index is -1.14. The molecule has 1 fully saturated rings. The van der Waals surface area contributed by atoms with E-state index >= 15 is 0 Å². The van der Waals surface area contributed by atoms with Gasteiger partial charge >= 0.3 is 5.97 Å². The van der Waals surface area contributed by atoms with Crippen LogP contribution in [-0.4, -0.2) is 76.4 Å². The molecule has 3 rings (SSSR count). The lowest BCUT2D eigenvalue weighted by atomic mass is 10.0. The molecule has 1 aliphatic rings. The predicted molar refractivity (Wildman–Crippen MR) is 147 cm³/mol. The molecule has 4 unspecified atom stereocenters. The number of likely N-dealkylation sites (tertiary alicyclic amines) is 1. The van der Waals surface area contributed by atoms with Gasteiger partial charge < -0.3 is 26.4 Å². The van der Waals surface area contributed by atoms with E-state index < -0.39 is 42.0 Å². The van der Waals surface area contributed by atoms with Gasteiger partial charge in [-0.05, 0) is 48.8 Å². The Balaban J connectivity index is 1.66. The predicted octanol–water partition coefficient (Wildman–Crippen LogP) is 1.60. The van der Waals surface area contributed by atoms with E-state index in [1.807, 2.05) is 54.8 Å². The van der Waals surface area contributed by atoms with Crippen LogP contribution in [0, 0.1) is 0 Å². The molecular weight excluding hydrogens is 504 g/mol. The lowest BCUT2D eigenvalue weighted by Gasteiger charge is -2.30. The van der Waals surface area contributed by atoms with Gasteiger partial charge in [0.2, 0.25) is 17.7 Å². The van der Waals surface area contributed by atoms with Crippen molar-refractivity contribution in [2.75, 3.05) is 18.6 Å². The van der Waals surface area contributed by atoms with Gasteiger partial charge in [-0.1, -0.05) is 60.7 Å². The number of carbonyl (C=O) groups excluding carboxylic acids is 3. The Kier molecular flexibility index (Phi) is 11.2. The van der Waals surface area contributed by atoms with Gasteiger partial charge in [0.25, 0.3) is 0 Å². The highest BCUT2D eigenvalue weighted by Gasteiger charge is 2.39. The second-order valence-electron chi connectivity index (χ2n) is 9.42. The first kappa shape index (κ1) is 29.2. The average Bonchev–Trinajstić information content (AvgIpc) is 3.41. The number of carboxylic acids is 1. The largest absolute Gasteiger partial charge is 0.480 e. The summed E-state index contributed by atoms with van der Waals surface area (Å²) in [6.07, 6.45) is 3.80. The summed E-state index contributed by atoms with van der Waals surface area (Å²) in [5, 5.41) is 15.1. The third kappa shape index (κ3) is 8.32. The Morgan fingerprint density at radius 3 is 2.16 bits per heavy atom. The summed E-state index contributed by atoms with van der Waals surface area (Å²) in [6.45, 7) is 0.356. The zero-order valence-corrected chi connectivity index (χ0v) is 22.4. The van der Waals surface area contributed by atoms with Crippen molar-refractivity contribution in [1.82, 2.24) is 15.5 Å². The summed E-state index contributed by atoms with van der Waals surface area (Å²) in [6, 6.07) is 14.9. The van der Waals surface area contributed by atoms with Gasteiger partial charge in [0.05, 0.1) is 6.04 Å². The van der Waals surface area contributed by atoms with Crippen molar-refractivity contribution in [2.45, 2.75) is 56.3 Å². The first-order valence-corrected chi connectivity index (χ1v) is 14.2. The molecule has 0 spiro atoms. The molecule has 0 bridgehead atoms. The van der Waals surface area contributed by atoms with Gasteiger partial charge in [0.15, 0.2) is 0 Å². The lowest BCUT2D eigenvalue weighted by molar-refractivity contribution is -0.144. The monoisotopic (exact) mass is 540 g/mol. The van der Waals surface area contributed by atoms with Crippen molar-refractivity contribution >= 4 is 35.5 Å². The van der Waals surface area contributed by atoms with Crippen LogP contribution in [0.4, 0.5) is 0 Å². The van der Waals surface area contributed by atoms with E-state index in [4.69, 9.17) is 5.73 Å². The number of nitrogens with one attached hydrogen (secondary N) is 2. The number of thioether (sulfide) groups is 1. The lowest BCUT2D eigenvalue weighted by Crippen LogP contribution is -2.57. The number of nitrogens with zero attached hydrogens (tertiary/aromatic N) is 1. The Hall–Kier alpha value is -3.37. The van der Waals surface area contributed by atoms with Crippen molar-refractivity contribution in [2.24, 2.45) is 5.73 Å². The van der Waals surface area contributed by atoms with Crippen molar-refractivity contribution in [3.05, 3.63) is 71.8 Å². The number of nitrogens with two attached hydrogens (primary N) is 1. The molecule has 5 N–H and O–H groups in total. The van der Waals surface area contributed by atoms with Crippen molar-refractivity contribution in [3.63, 3.8) is 0 Å². The van der Waals surface area contributed by atoms with E-state index in [0.717, 1.165) is 11.1 Å². The minimum Gasteiger partial charge on any atom is -0.480 e. The van der Waals surface area contributed by atoms with Crippen LogP contribution >= 0.6 is 11.8 Å². The number of benzene rings is 2. The fraction of sp³-hybridized carbons (Fsp3) is 0.429. The molecule has 3 amide bonds. The van der Waals surface area contributed by atoms with Crippen molar-refractivity contribution < 1.29 is 24.3 Å². The number of hydrogen-bond acceptors (Lipinski definition) is 6. The van der Waals surface area contributed by atoms with E-state index in [1.165, 1.54) is 4.90 Å². The Bertz CT molecular complexity index is 1090. The summed E-state index contributed by atoms with van der Waals surface area (Å²) in [5.41, 5.74) is 7.84. The second-order valence-corrected chi connectivity index (χ2v) is 10.4. The van der Waals surface area contributed by atoms with Crippen LogP contribution in [-0.2, 0) is 32.0 Å². The van der Waals surface area contributed by atoms with Gasteiger partial charge in [0, 0.05) is 13.0 Å². The number of carboxylic acid groups (broad SMARTS) is 1. The smallest absolute Gasteiger partial charge is 0.326 e. The summed E-state index contributed by atoms with van der Waals surface area (Å²) in [5.74, 6) is -1.80. The molecule has 4 atom stereocenters. The quantitative estimate of drug-likeness (QED) is 0.302. The van der Waals surface area contributed by atoms with Gasteiger partial charge in [-0.25, -0.2) is 4.79 Å².